The number of aromatic nitrogens is 3. The van der Waals surface area contributed by atoms with Crippen LogP contribution in [0.5, 0.6) is 0 Å². The van der Waals surface area contributed by atoms with E-state index in [0.717, 1.165) is 0 Å². The van der Waals surface area contributed by atoms with Crippen LogP contribution in [0.2, 0.25) is 5.02 Å². The Morgan fingerprint density at radius 1 is 1.52 bits per heavy atom. The lowest BCUT2D eigenvalue weighted by atomic mass is 10.1. The Kier molecular flexibility index (Phi) is 4.93. The molecule has 0 bridgehead atoms. The van der Waals surface area contributed by atoms with E-state index in [4.69, 9.17) is 17.3 Å². The Hall–Kier alpha value is -2.36. The molecule has 3 N–H and O–H groups in total. The SMILES string of the molecule is CN(Cc1ncn[nH]1)C(=O)c1ccc(C#CCN)c(Cl)c1. The van der Waals surface area contributed by atoms with Gasteiger partial charge in [0.15, 0.2) is 0 Å². The van der Waals surface area contributed by atoms with E-state index in [1.54, 1.807) is 25.2 Å². The Labute approximate surface area is 127 Å². The van der Waals surface area contributed by atoms with Crippen LogP contribution in [0.15, 0.2) is 24.5 Å². The van der Waals surface area contributed by atoms with Crippen molar-refractivity contribution in [3.05, 3.63) is 46.5 Å². The van der Waals surface area contributed by atoms with Crippen molar-refractivity contribution < 1.29 is 4.79 Å². The lowest BCUT2D eigenvalue weighted by Gasteiger charge is -2.15. The van der Waals surface area contributed by atoms with Crippen LogP contribution < -0.4 is 5.73 Å². The van der Waals surface area contributed by atoms with Crippen molar-refractivity contribution in [1.29, 1.82) is 0 Å². The van der Waals surface area contributed by atoms with E-state index in [1.807, 2.05) is 0 Å². The number of aromatic amines is 1. The molecule has 0 aliphatic rings. The minimum absolute atomic E-state index is 0.161. The van der Waals surface area contributed by atoms with Crippen molar-refractivity contribution in [1.82, 2.24) is 20.1 Å². The molecule has 7 heteroatoms. The fraction of sp³-hybridized carbons (Fsp3) is 0.214. The summed E-state index contributed by atoms with van der Waals surface area (Å²) < 4.78 is 0. The van der Waals surface area contributed by atoms with Gasteiger partial charge in [-0.25, -0.2) is 4.98 Å². The highest BCUT2D eigenvalue weighted by atomic mass is 35.5. The van der Waals surface area contributed by atoms with E-state index < -0.39 is 0 Å². The molecule has 108 valence electrons. The second-order valence-electron chi connectivity index (χ2n) is 4.29. The predicted octanol–water partition coefficient (Wildman–Crippen LogP) is 1.04. The van der Waals surface area contributed by atoms with E-state index in [9.17, 15) is 4.79 Å². The number of hydrogen-bond donors (Lipinski definition) is 2. The molecule has 0 saturated heterocycles. The molecule has 0 radical (unpaired) electrons. The van der Waals surface area contributed by atoms with Crippen LogP contribution in [-0.2, 0) is 6.54 Å². The van der Waals surface area contributed by atoms with Gasteiger partial charge in [-0.2, -0.15) is 5.10 Å². The van der Waals surface area contributed by atoms with E-state index >= 15 is 0 Å². The molecular weight excluding hydrogens is 290 g/mol. The second-order valence-corrected chi connectivity index (χ2v) is 4.70. The smallest absolute Gasteiger partial charge is 0.254 e. The van der Waals surface area contributed by atoms with Crippen molar-refractivity contribution in [2.45, 2.75) is 6.54 Å². The number of nitrogens with one attached hydrogen (secondary N) is 1. The topological polar surface area (TPSA) is 87.9 Å². The lowest BCUT2D eigenvalue weighted by molar-refractivity contribution is 0.0781. The van der Waals surface area contributed by atoms with Crippen LogP contribution in [0.25, 0.3) is 0 Å². The molecule has 0 atom stereocenters. The zero-order valence-electron chi connectivity index (χ0n) is 11.4. The standard InChI is InChI=1S/C14H14ClN5O/c1-20(8-13-17-9-18-19-13)14(21)11-5-4-10(3-2-6-16)12(15)7-11/h4-5,7,9H,6,8,16H2,1H3,(H,17,18,19). The van der Waals surface area contributed by atoms with E-state index in [-0.39, 0.29) is 12.5 Å². The lowest BCUT2D eigenvalue weighted by Crippen LogP contribution is -2.26. The summed E-state index contributed by atoms with van der Waals surface area (Å²) in [6, 6.07) is 4.99. The van der Waals surface area contributed by atoms with Gasteiger partial charge < -0.3 is 10.6 Å². The first-order chi connectivity index (χ1) is 10.1. The van der Waals surface area contributed by atoms with Gasteiger partial charge in [-0.05, 0) is 18.2 Å². The number of carbonyl (C=O) groups is 1. The van der Waals surface area contributed by atoms with Crippen molar-refractivity contribution >= 4 is 17.5 Å². The van der Waals surface area contributed by atoms with Gasteiger partial charge in [-0.15, -0.1) is 0 Å². The highest BCUT2D eigenvalue weighted by molar-refractivity contribution is 6.32. The summed E-state index contributed by atoms with van der Waals surface area (Å²) in [5.74, 6) is 6.03. The van der Waals surface area contributed by atoms with Crippen LogP contribution in [-0.4, -0.2) is 39.6 Å². The summed E-state index contributed by atoms with van der Waals surface area (Å²) in [5, 5.41) is 6.87. The van der Waals surface area contributed by atoms with Crippen molar-refractivity contribution in [2.75, 3.05) is 13.6 Å². The monoisotopic (exact) mass is 303 g/mol. The third kappa shape index (κ3) is 3.81. The second kappa shape index (κ2) is 6.88. The maximum Gasteiger partial charge on any atom is 0.254 e. The molecule has 6 nitrogen and oxygen atoms in total. The molecule has 0 fully saturated rings. The van der Waals surface area contributed by atoms with E-state index in [1.165, 1.54) is 11.2 Å². The third-order valence-corrected chi connectivity index (χ3v) is 3.05. The van der Waals surface area contributed by atoms with Gasteiger partial charge in [-0.1, -0.05) is 23.4 Å². The summed E-state index contributed by atoms with van der Waals surface area (Å²) in [6.45, 7) is 0.599. The number of H-pyrrole nitrogens is 1. The first kappa shape index (κ1) is 15.0. The molecule has 0 saturated carbocycles. The fourth-order valence-electron chi connectivity index (χ4n) is 1.72. The first-order valence-corrected chi connectivity index (χ1v) is 6.58. The van der Waals surface area contributed by atoms with Crippen LogP contribution >= 0.6 is 11.6 Å². The maximum absolute atomic E-state index is 12.3. The third-order valence-electron chi connectivity index (χ3n) is 2.74. The van der Waals surface area contributed by atoms with Gasteiger partial charge >= 0.3 is 0 Å². The zero-order valence-corrected chi connectivity index (χ0v) is 12.2. The van der Waals surface area contributed by atoms with E-state index in [2.05, 4.69) is 27.0 Å². The molecule has 2 rings (SSSR count). The average Bonchev–Trinajstić information content (AvgIpc) is 2.98. The molecule has 0 spiro atoms. The van der Waals surface area contributed by atoms with Gasteiger partial charge in [0.1, 0.15) is 12.2 Å². The van der Waals surface area contributed by atoms with Crippen LogP contribution in [0.4, 0.5) is 0 Å². The quantitative estimate of drug-likeness (QED) is 0.829. The molecule has 0 aliphatic heterocycles. The molecular formula is C14H14ClN5O. The average molecular weight is 304 g/mol. The predicted molar refractivity (Wildman–Crippen MR) is 79.6 cm³/mol. The zero-order chi connectivity index (χ0) is 15.2. The number of carbonyl (C=O) groups excluding carboxylic acids is 1. The Bertz CT molecular complexity index is 687. The Balaban J connectivity index is 2.14. The fourth-order valence-corrected chi connectivity index (χ4v) is 1.95. The van der Waals surface area contributed by atoms with Gasteiger partial charge in [0.05, 0.1) is 18.1 Å². The largest absolute Gasteiger partial charge is 0.334 e. The first-order valence-electron chi connectivity index (χ1n) is 6.20. The minimum atomic E-state index is -0.161. The molecule has 0 aliphatic carbocycles. The maximum atomic E-state index is 12.3. The van der Waals surface area contributed by atoms with E-state index in [0.29, 0.717) is 28.5 Å². The number of amides is 1. The molecule has 2 aromatic rings. The van der Waals surface area contributed by atoms with Gasteiger partial charge in [-0.3, -0.25) is 9.89 Å². The molecule has 1 amide bonds. The number of nitrogens with zero attached hydrogens (tertiary/aromatic N) is 3. The van der Waals surface area contributed by atoms with Crippen molar-refractivity contribution in [3.63, 3.8) is 0 Å². The molecule has 0 unspecified atom stereocenters. The van der Waals surface area contributed by atoms with Crippen molar-refractivity contribution in [2.24, 2.45) is 5.73 Å². The van der Waals surface area contributed by atoms with Gasteiger partial charge in [0, 0.05) is 18.2 Å². The number of nitrogens with two attached hydrogens (primary N) is 1. The highest BCUT2D eigenvalue weighted by Crippen LogP contribution is 2.18. The summed E-state index contributed by atoms with van der Waals surface area (Å²) in [6.07, 6.45) is 1.40. The molecule has 1 aromatic carbocycles. The van der Waals surface area contributed by atoms with Gasteiger partial charge in [0.25, 0.3) is 5.91 Å². The number of rotatable bonds is 3. The van der Waals surface area contributed by atoms with Crippen LogP contribution in [0, 0.1) is 11.8 Å². The summed E-state index contributed by atoms with van der Waals surface area (Å²) >= 11 is 6.11. The minimum Gasteiger partial charge on any atom is -0.334 e. The van der Waals surface area contributed by atoms with Crippen LogP contribution in [0.3, 0.4) is 0 Å². The Morgan fingerprint density at radius 2 is 2.33 bits per heavy atom. The molecule has 1 aromatic heterocycles. The summed E-state index contributed by atoms with van der Waals surface area (Å²) in [4.78, 5) is 17.8. The van der Waals surface area contributed by atoms with Crippen molar-refractivity contribution in [3.8, 4) is 11.8 Å². The van der Waals surface area contributed by atoms with Gasteiger partial charge in [0.2, 0.25) is 0 Å². The molecule has 21 heavy (non-hydrogen) atoms. The number of halogens is 1. The van der Waals surface area contributed by atoms with Crippen LogP contribution in [0.1, 0.15) is 21.7 Å². The highest BCUT2D eigenvalue weighted by Gasteiger charge is 2.14. The Morgan fingerprint density at radius 3 is 2.95 bits per heavy atom. The normalized spacial score (nSPS) is 9.86. The summed E-state index contributed by atoms with van der Waals surface area (Å²) in [7, 11) is 1.68. The molecule has 1 heterocycles. The number of benzene rings is 1. The number of hydrogen-bond acceptors (Lipinski definition) is 4. The summed E-state index contributed by atoms with van der Waals surface area (Å²) in [5.41, 5.74) is 6.45.